The molecular formula is C21H20O. The van der Waals surface area contributed by atoms with E-state index in [4.69, 9.17) is 0 Å². The normalized spacial score (nSPS) is 12.8. The Morgan fingerprint density at radius 1 is 0.818 bits per heavy atom. The molecule has 0 aliphatic carbocycles. The molecule has 1 nitrogen and oxygen atoms in total. The van der Waals surface area contributed by atoms with Crippen molar-refractivity contribution in [3.05, 3.63) is 90.0 Å². The number of aliphatic hydroxyl groups is 1. The molecule has 0 fully saturated rings. The van der Waals surface area contributed by atoms with E-state index in [0.29, 0.717) is 0 Å². The van der Waals surface area contributed by atoms with E-state index in [9.17, 15) is 5.11 Å². The third-order valence-electron chi connectivity index (χ3n) is 3.86. The van der Waals surface area contributed by atoms with E-state index in [1.54, 1.807) is 0 Å². The lowest BCUT2D eigenvalue weighted by Crippen LogP contribution is -2.03. The highest BCUT2D eigenvalue weighted by atomic mass is 16.3. The van der Waals surface area contributed by atoms with Crippen molar-refractivity contribution in [2.75, 3.05) is 0 Å². The van der Waals surface area contributed by atoms with Gasteiger partial charge < -0.3 is 5.11 Å². The Hall–Kier alpha value is -2.38. The minimum Gasteiger partial charge on any atom is -0.389 e. The maximum atomic E-state index is 10.1. The Morgan fingerprint density at radius 3 is 2.36 bits per heavy atom. The summed E-state index contributed by atoms with van der Waals surface area (Å²) in [7, 11) is 0. The Balaban J connectivity index is 1.62. The molecule has 22 heavy (non-hydrogen) atoms. The zero-order valence-electron chi connectivity index (χ0n) is 12.5. The molecule has 0 saturated carbocycles. The fourth-order valence-electron chi connectivity index (χ4n) is 2.59. The first kappa shape index (κ1) is 14.6. The molecule has 0 amide bonds. The topological polar surface area (TPSA) is 20.2 Å². The van der Waals surface area contributed by atoms with Gasteiger partial charge in [-0.3, -0.25) is 0 Å². The van der Waals surface area contributed by atoms with Crippen LogP contribution >= 0.6 is 0 Å². The highest BCUT2D eigenvalue weighted by molar-refractivity contribution is 5.84. The first-order valence-electron chi connectivity index (χ1n) is 7.70. The Labute approximate surface area is 131 Å². The van der Waals surface area contributed by atoms with Gasteiger partial charge in [-0.15, -0.1) is 0 Å². The SMILES string of the molecule is O[C@H](/C=C/c1ccc2ccccc2c1)CCc1ccccc1. The molecule has 110 valence electrons. The second-order valence-corrected chi connectivity index (χ2v) is 5.56. The van der Waals surface area contributed by atoms with E-state index in [0.717, 1.165) is 18.4 Å². The van der Waals surface area contributed by atoms with Crippen LogP contribution in [0.5, 0.6) is 0 Å². The average molecular weight is 288 g/mol. The van der Waals surface area contributed by atoms with Crippen LogP contribution in [0.1, 0.15) is 17.5 Å². The van der Waals surface area contributed by atoms with Crippen molar-refractivity contribution in [1.82, 2.24) is 0 Å². The summed E-state index contributed by atoms with van der Waals surface area (Å²) in [4.78, 5) is 0. The lowest BCUT2D eigenvalue weighted by molar-refractivity contribution is 0.214. The third-order valence-corrected chi connectivity index (χ3v) is 3.86. The van der Waals surface area contributed by atoms with Crippen LogP contribution in [0.4, 0.5) is 0 Å². The number of hydrogen-bond acceptors (Lipinski definition) is 1. The Bertz CT molecular complexity index is 759. The van der Waals surface area contributed by atoms with Gasteiger partial charge >= 0.3 is 0 Å². The van der Waals surface area contributed by atoms with Crippen molar-refractivity contribution >= 4 is 16.8 Å². The fraction of sp³-hybridized carbons (Fsp3) is 0.143. The van der Waals surface area contributed by atoms with Crippen molar-refractivity contribution in [2.24, 2.45) is 0 Å². The maximum Gasteiger partial charge on any atom is 0.0727 e. The molecule has 3 rings (SSSR count). The monoisotopic (exact) mass is 288 g/mol. The second kappa shape index (κ2) is 7.06. The molecule has 0 spiro atoms. The number of aliphatic hydroxyl groups excluding tert-OH is 1. The molecule has 0 radical (unpaired) electrons. The van der Waals surface area contributed by atoms with Crippen molar-refractivity contribution in [3.8, 4) is 0 Å². The number of benzene rings is 3. The number of rotatable bonds is 5. The summed E-state index contributed by atoms with van der Waals surface area (Å²) in [6.45, 7) is 0. The smallest absolute Gasteiger partial charge is 0.0727 e. The van der Waals surface area contributed by atoms with Crippen LogP contribution in [0, 0.1) is 0 Å². The van der Waals surface area contributed by atoms with Crippen molar-refractivity contribution in [1.29, 1.82) is 0 Å². The summed E-state index contributed by atoms with van der Waals surface area (Å²) in [5.74, 6) is 0. The molecule has 0 aliphatic heterocycles. The second-order valence-electron chi connectivity index (χ2n) is 5.56. The molecule has 3 aromatic rings. The van der Waals surface area contributed by atoms with Crippen molar-refractivity contribution in [2.45, 2.75) is 18.9 Å². The number of fused-ring (bicyclic) bond motifs is 1. The van der Waals surface area contributed by atoms with Gasteiger partial charge in [0, 0.05) is 0 Å². The largest absolute Gasteiger partial charge is 0.389 e. The van der Waals surface area contributed by atoms with E-state index >= 15 is 0 Å². The zero-order valence-corrected chi connectivity index (χ0v) is 12.5. The van der Waals surface area contributed by atoms with Crippen LogP contribution in [0.25, 0.3) is 16.8 Å². The van der Waals surface area contributed by atoms with Crippen LogP contribution < -0.4 is 0 Å². The van der Waals surface area contributed by atoms with Crippen LogP contribution in [-0.2, 0) is 6.42 Å². The lowest BCUT2D eigenvalue weighted by atomic mass is 10.0. The van der Waals surface area contributed by atoms with Crippen LogP contribution in [0.3, 0.4) is 0 Å². The van der Waals surface area contributed by atoms with Gasteiger partial charge in [-0.1, -0.05) is 78.9 Å². The molecule has 0 unspecified atom stereocenters. The Kier molecular flexibility index (Phi) is 4.67. The molecule has 1 N–H and O–H groups in total. The van der Waals surface area contributed by atoms with Gasteiger partial charge in [0.2, 0.25) is 0 Å². The summed E-state index contributed by atoms with van der Waals surface area (Å²) in [6.07, 6.45) is 5.11. The maximum absolute atomic E-state index is 10.1. The summed E-state index contributed by atoms with van der Waals surface area (Å²) in [6, 6.07) is 24.9. The molecule has 0 aliphatic rings. The quantitative estimate of drug-likeness (QED) is 0.711. The van der Waals surface area contributed by atoms with Gasteiger partial charge in [0.15, 0.2) is 0 Å². The minimum atomic E-state index is -0.410. The van der Waals surface area contributed by atoms with Gasteiger partial charge in [-0.25, -0.2) is 0 Å². The number of hydrogen-bond donors (Lipinski definition) is 1. The van der Waals surface area contributed by atoms with Gasteiger partial charge in [-0.2, -0.15) is 0 Å². The zero-order chi connectivity index (χ0) is 15.2. The standard InChI is InChI=1S/C21H20O/c22-21(14-11-17-6-2-1-3-7-17)15-12-18-10-13-19-8-4-5-9-20(19)16-18/h1-10,12-13,15-16,21-22H,11,14H2/b15-12+/t21-/m0/s1. The summed E-state index contributed by atoms with van der Waals surface area (Å²) in [5.41, 5.74) is 2.39. The van der Waals surface area contributed by atoms with Crippen molar-refractivity contribution in [3.63, 3.8) is 0 Å². The molecule has 3 aromatic carbocycles. The molecule has 0 saturated heterocycles. The Morgan fingerprint density at radius 2 is 1.55 bits per heavy atom. The highest BCUT2D eigenvalue weighted by Gasteiger charge is 2.00. The first-order chi connectivity index (χ1) is 10.8. The summed E-state index contributed by atoms with van der Waals surface area (Å²) in [5, 5.41) is 12.6. The van der Waals surface area contributed by atoms with E-state index in [2.05, 4.69) is 42.5 Å². The van der Waals surface area contributed by atoms with Gasteiger partial charge in [0.1, 0.15) is 0 Å². The van der Waals surface area contributed by atoms with E-state index < -0.39 is 6.10 Å². The average Bonchev–Trinajstić information content (AvgIpc) is 2.59. The van der Waals surface area contributed by atoms with Gasteiger partial charge in [0.25, 0.3) is 0 Å². The molecule has 0 heterocycles. The first-order valence-corrected chi connectivity index (χ1v) is 7.70. The molecular weight excluding hydrogens is 268 g/mol. The van der Waals surface area contributed by atoms with Crippen LogP contribution in [0.2, 0.25) is 0 Å². The summed E-state index contributed by atoms with van der Waals surface area (Å²) >= 11 is 0. The molecule has 1 heteroatoms. The molecule has 0 bridgehead atoms. The third kappa shape index (κ3) is 3.84. The lowest BCUT2D eigenvalue weighted by Gasteiger charge is -2.06. The van der Waals surface area contributed by atoms with Crippen LogP contribution in [0.15, 0.2) is 78.9 Å². The highest BCUT2D eigenvalue weighted by Crippen LogP contribution is 2.17. The van der Waals surface area contributed by atoms with Crippen LogP contribution in [-0.4, -0.2) is 11.2 Å². The van der Waals surface area contributed by atoms with E-state index in [1.807, 2.05) is 42.5 Å². The minimum absolute atomic E-state index is 0.410. The van der Waals surface area contributed by atoms with Crippen molar-refractivity contribution < 1.29 is 5.11 Å². The van der Waals surface area contributed by atoms with E-state index in [-0.39, 0.29) is 0 Å². The predicted molar refractivity (Wildman–Crippen MR) is 93.8 cm³/mol. The molecule has 1 atom stereocenters. The predicted octanol–water partition coefficient (Wildman–Crippen LogP) is 4.85. The van der Waals surface area contributed by atoms with Gasteiger partial charge in [0.05, 0.1) is 6.10 Å². The number of aryl methyl sites for hydroxylation is 1. The van der Waals surface area contributed by atoms with E-state index in [1.165, 1.54) is 16.3 Å². The fourth-order valence-corrected chi connectivity index (χ4v) is 2.59. The van der Waals surface area contributed by atoms with Gasteiger partial charge in [-0.05, 0) is 40.8 Å². The summed E-state index contributed by atoms with van der Waals surface area (Å²) < 4.78 is 0. The molecule has 0 aromatic heterocycles.